The molecule has 7 nitrogen and oxygen atoms in total. The topological polar surface area (TPSA) is 95.7 Å². The summed E-state index contributed by atoms with van der Waals surface area (Å²) in [5.41, 5.74) is 7.08. The van der Waals surface area contributed by atoms with E-state index in [1.807, 2.05) is 38.1 Å². The van der Waals surface area contributed by atoms with Gasteiger partial charge in [0.1, 0.15) is 0 Å². The lowest BCUT2D eigenvalue weighted by molar-refractivity contribution is -0.136. The third-order valence-corrected chi connectivity index (χ3v) is 5.80. The van der Waals surface area contributed by atoms with E-state index in [2.05, 4.69) is 16.0 Å². The fraction of sp³-hybridized carbons (Fsp3) is 0.107. The molecule has 35 heavy (non-hydrogen) atoms. The Bertz CT molecular complexity index is 1310. The summed E-state index contributed by atoms with van der Waals surface area (Å²) in [5, 5.41) is 15.6. The maximum absolute atomic E-state index is 13.2. The number of hydrogen-bond donors (Lipinski definition) is 3. The highest BCUT2D eigenvalue weighted by atomic mass is 16.3. The van der Waals surface area contributed by atoms with Crippen LogP contribution in [-0.4, -0.2) is 27.8 Å². The predicted molar refractivity (Wildman–Crippen MR) is 136 cm³/mol. The van der Waals surface area contributed by atoms with Crippen LogP contribution in [0.4, 0.5) is 0 Å². The normalized spacial score (nSPS) is 11.4. The van der Waals surface area contributed by atoms with Crippen LogP contribution in [0, 0.1) is 13.8 Å². The summed E-state index contributed by atoms with van der Waals surface area (Å²) in [6.45, 7) is 3.70. The molecule has 1 aromatic heterocycles. The van der Waals surface area contributed by atoms with Crippen LogP contribution >= 0.6 is 0 Å². The Kier molecular flexibility index (Phi) is 6.89. The van der Waals surface area contributed by atoms with Gasteiger partial charge < -0.3 is 5.11 Å². The number of nitrogens with zero attached hydrogens (tertiary/aromatic N) is 2. The van der Waals surface area contributed by atoms with Gasteiger partial charge in [0.2, 0.25) is 0 Å². The van der Waals surface area contributed by atoms with Crippen molar-refractivity contribution in [2.24, 2.45) is 5.10 Å². The first-order chi connectivity index (χ1) is 16.9. The Balaban J connectivity index is 1.54. The molecule has 176 valence electrons. The van der Waals surface area contributed by atoms with Gasteiger partial charge in [0.25, 0.3) is 11.8 Å². The minimum absolute atomic E-state index is 0.236. The molecular formula is C28H26N4O3. The number of carbonyl (C=O) groups is 2. The van der Waals surface area contributed by atoms with E-state index in [4.69, 9.17) is 0 Å². The summed E-state index contributed by atoms with van der Waals surface area (Å²) >= 11 is 0. The Labute approximate surface area is 203 Å². The first-order valence-electron chi connectivity index (χ1n) is 11.1. The van der Waals surface area contributed by atoms with Crippen molar-refractivity contribution in [3.8, 4) is 0 Å². The van der Waals surface area contributed by atoms with Crippen molar-refractivity contribution in [1.29, 1.82) is 0 Å². The molecule has 3 aromatic carbocycles. The van der Waals surface area contributed by atoms with Crippen LogP contribution < -0.4 is 10.9 Å². The van der Waals surface area contributed by atoms with E-state index < -0.39 is 11.5 Å². The van der Waals surface area contributed by atoms with Gasteiger partial charge >= 0.3 is 0 Å². The molecule has 0 radical (unpaired) electrons. The minimum Gasteiger partial charge on any atom is -0.372 e. The van der Waals surface area contributed by atoms with Gasteiger partial charge in [0.05, 0.1) is 6.21 Å². The molecule has 7 heteroatoms. The third-order valence-electron chi connectivity index (χ3n) is 5.80. The number of aryl methyl sites for hydroxylation is 1. The van der Waals surface area contributed by atoms with E-state index in [1.54, 1.807) is 77.5 Å². The highest BCUT2D eigenvalue weighted by Crippen LogP contribution is 2.29. The van der Waals surface area contributed by atoms with Gasteiger partial charge in [-0.15, -0.1) is 0 Å². The average molecular weight is 467 g/mol. The van der Waals surface area contributed by atoms with Crippen molar-refractivity contribution in [3.63, 3.8) is 0 Å². The highest BCUT2D eigenvalue weighted by molar-refractivity contribution is 6.00. The highest BCUT2D eigenvalue weighted by Gasteiger charge is 2.39. The molecule has 2 amide bonds. The van der Waals surface area contributed by atoms with Gasteiger partial charge in [-0.3, -0.25) is 19.7 Å². The van der Waals surface area contributed by atoms with Crippen molar-refractivity contribution < 1.29 is 14.7 Å². The van der Waals surface area contributed by atoms with Crippen molar-refractivity contribution in [3.05, 3.63) is 131 Å². The molecule has 3 N–H and O–H groups in total. The molecule has 0 spiro atoms. The predicted octanol–water partition coefficient (Wildman–Crippen LogP) is 3.88. The van der Waals surface area contributed by atoms with Crippen LogP contribution in [0.1, 0.15) is 38.4 Å². The molecular weight excluding hydrogens is 440 g/mol. The third kappa shape index (κ3) is 4.90. The lowest BCUT2D eigenvalue weighted by Crippen LogP contribution is -2.43. The van der Waals surface area contributed by atoms with Crippen LogP contribution in [0.2, 0.25) is 0 Å². The number of aliphatic hydroxyl groups is 1. The lowest BCUT2D eigenvalue weighted by atomic mass is 9.85. The number of hydrogen-bond acceptors (Lipinski definition) is 4. The smallest absolute Gasteiger partial charge is 0.281 e. The van der Waals surface area contributed by atoms with Crippen LogP contribution in [0.5, 0.6) is 0 Å². The molecule has 0 aliphatic rings. The fourth-order valence-corrected chi connectivity index (χ4v) is 3.87. The van der Waals surface area contributed by atoms with E-state index >= 15 is 0 Å². The van der Waals surface area contributed by atoms with Crippen LogP contribution in [0.15, 0.2) is 102 Å². The Morgan fingerprint density at radius 3 is 1.91 bits per heavy atom. The second kappa shape index (κ2) is 10.2. The molecule has 0 aliphatic heterocycles. The summed E-state index contributed by atoms with van der Waals surface area (Å²) in [7, 11) is 0. The zero-order valence-electron chi connectivity index (χ0n) is 19.5. The molecule has 0 unspecified atom stereocenters. The molecule has 0 saturated heterocycles. The number of amides is 2. The van der Waals surface area contributed by atoms with Gasteiger partial charge in [-0.1, -0.05) is 78.9 Å². The van der Waals surface area contributed by atoms with Gasteiger partial charge in [-0.2, -0.15) is 5.10 Å². The van der Waals surface area contributed by atoms with Gasteiger partial charge in [0.15, 0.2) is 5.60 Å². The number of rotatable bonds is 7. The van der Waals surface area contributed by atoms with Crippen molar-refractivity contribution in [1.82, 2.24) is 10.1 Å². The number of aromatic nitrogens is 1. The van der Waals surface area contributed by atoms with Gasteiger partial charge in [0, 0.05) is 22.5 Å². The molecule has 0 bridgehead atoms. The van der Waals surface area contributed by atoms with E-state index in [-0.39, 0.29) is 5.91 Å². The molecule has 0 saturated carbocycles. The summed E-state index contributed by atoms with van der Waals surface area (Å²) in [6, 6.07) is 28.2. The van der Waals surface area contributed by atoms with E-state index in [0.717, 1.165) is 11.4 Å². The van der Waals surface area contributed by atoms with Crippen molar-refractivity contribution in [2.75, 3.05) is 5.43 Å². The largest absolute Gasteiger partial charge is 0.372 e. The van der Waals surface area contributed by atoms with Crippen molar-refractivity contribution in [2.45, 2.75) is 19.4 Å². The van der Waals surface area contributed by atoms with Gasteiger partial charge in [-0.25, -0.2) is 5.43 Å². The Morgan fingerprint density at radius 2 is 1.37 bits per heavy atom. The molecule has 1 heterocycles. The molecule has 4 rings (SSSR count). The molecule has 0 atom stereocenters. The zero-order valence-corrected chi connectivity index (χ0v) is 19.5. The first-order valence-corrected chi connectivity index (χ1v) is 11.1. The summed E-state index contributed by atoms with van der Waals surface area (Å²) in [4.78, 5) is 25.7. The zero-order chi connectivity index (χ0) is 24.8. The number of nitrogens with one attached hydrogen (secondary N) is 2. The van der Waals surface area contributed by atoms with Crippen LogP contribution in [-0.2, 0) is 10.4 Å². The van der Waals surface area contributed by atoms with E-state index in [1.165, 1.54) is 6.21 Å². The number of carbonyl (C=O) groups excluding carboxylic acids is 2. The Morgan fingerprint density at radius 1 is 0.857 bits per heavy atom. The summed E-state index contributed by atoms with van der Waals surface area (Å²) < 4.78 is 1.67. The van der Waals surface area contributed by atoms with E-state index in [9.17, 15) is 14.7 Å². The van der Waals surface area contributed by atoms with Crippen LogP contribution in [0.25, 0.3) is 0 Å². The quantitative estimate of drug-likeness (QED) is 0.285. The first kappa shape index (κ1) is 23.7. The number of benzene rings is 3. The van der Waals surface area contributed by atoms with Gasteiger partial charge in [-0.05, 0) is 43.2 Å². The van der Waals surface area contributed by atoms with Crippen molar-refractivity contribution >= 4 is 18.0 Å². The lowest BCUT2D eigenvalue weighted by Gasteiger charge is -2.27. The SMILES string of the molecule is Cc1cc(/C=N\NC(=O)C(O)(c2ccccc2)c2ccccc2)c(C)n1NC(=O)c1ccccc1. The minimum atomic E-state index is -1.92. The van der Waals surface area contributed by atoms with Crippen LogP contribution in [0.3, 0.4) is 0 Å². The average Bonchev–Trinajstić information content (AvgIpc) is 3.17. The standard InChI is InChI=1S/C28H26N4O3/c1-20-18-23(21(2)32(20)31-26(33)22-12-6-3-7-13-22)19-29-30-27(34)28(35,24-14-8-4-9-15-24)25-16-10-5-11-17-25/h3-19,35H,1-2H3,(H,30,34)(H,31,33)/b29-19-. The Hall–Kier alpha value is -4.49. The maximum atomic E-state index is 13.2. The summed E-state index contributed by atoms with van der Waals surface area (Å²) in [5.74, 6) is -0.919. The second-order valence-electron chi connectivity index (χ2n) is 8.11. The maximum Gasteiger partial charge on any atom is 0.281 e. The second-order valence-corrected chi connectivity index (χ2v) is 8.11. The summed E-state index contributed by atoms with van der Waals surface area (Å²) in [6.07, 6.45) is 1.49. The van der Waals surface area contributed by atoms with E-state index in [0.29, 0.717) is 22.3 Å². The molecule has 0 aliphatic carbocycles. The fourth-order valence-electron chi connectivity index (χ4n) is 3.87. The molecule has 4 aromatic rings. The number of hydrazone groups is 1. The molecule has 0 fully saturated rings. The monoisotopic (exact) mass is 466 g/mol.